The third-order valence-corrected chi connectivity index (χ3v) is 3.67. The number of aromatic nitrogens is 3. The second-order valence-electron chi connectivity index (χ2n) is 5.51. The molecular weight excluding hydrogens is 329 g/mol. The van der Waals surface area contributed by atoms with Crippen LogP contribution in [0.1, 0.15) is 16.8 Å². The van der Waals surface area contributed by atoms with E-state index >= 15 is 0 Å². The highest BCUT2D eigenvalue weighted by atomic mass is 19.4. The zero-order valence-electron chi connectivity index (χ0n) is 13.0. The molecule has 3 aromatic rings. The van der Waals surface area contributed by atoms with Crippen LogP contribution in [0.3, 0.4) is 0 Å². The van der Waals surface area contributed by atoms with E-state index in [2.05, 4.69) is 10.3 Å². The smallest absolute Gasteiger partial charge is 0.244 e. The van der Waals surface area contributed by atoms with E-state index in [4.69, 9.17) is 5.26 Å². The Balaban J connectivity index is 1.98. The normalized spacial score (nSPS) is 11.3. The van der Waals surface area contributed by atoms with Crippen LogP contribution in [0.25, 0.3) is 11.3 Å². The van der Waals surface area contributed by atoms with Gasteiger partial charge in [-0.1, -0.05) is 47.7 Å². The Morgan fingerprint density at radius 3 is 2.28 bits per heavy atom. The van der Waals surface area contributed by atoms with Crippen LogP contribution in [0, 0.1) is 11.3 Å². The van der Waals surface area contributed by atoms with Crippen LogP contribution in [0.15, 0.2) is 54.6 Å². The molecule has 0 N–H and O–H groups in total. The largest absolute Gasteiger partial charge is 0.394 e. The molecule has 0 radical (unpaired) electrons. The van der Waals surface area contributed by atoms with Crippen molar-refractivity contribution in [2.24, 2.45) is 0 Å². The van der Waals surface area contributed by atoms with Crippen molar-refractivity contribution in [2.75, 3.05) is 0 Å². The van der Waals surface area contributed by atoms with Gasteiger partial charge in [0.05, 0.1) is 30.3 Å². The van der Waals surface area contributed by atoms with Gasteiger partial charge in [0.15, 0.2) is 0 Å². The van der Waals surface area contributed by atoms with E-state index in [0.29, 0.717) is 11.1 Å². The van der Waals surface area contributed by atoms with Crippen LogP contribution in [-0.4, -0.2) is 21.2 Å². The standard InChI is InChI=1S/C18H13F3N4/c19-18(20,21)10-16-17(15-4-2-1-3-5-15)23-24-25(16)12-14-8-6-13(11-22)7-9-14/h1-9H,10,12H2. The van der Waals surface area contributed by atoms with E-state index in [9.17, 15) is 13.2 Å². The Labute approximate surface area is 142 Å². The maximum atomic E-state index is 13.0. The second-order valence-corrected chi connectivity index (χ2v) is 5.51. The van der Waals surface area contributed by atoms with Crippen LogP contribution >= 0.6 is 0 Å². The van der Waals surface area contributed by atoms with E-state index in [1.165, 1.54) is 4.68 Å². The first-order chi connectivity index (χ1) is 12.0. The van der Waals surface area contributed by atoms with Gasteiger partial charge in [0.2, 0.25) is 0 Å². The molecule has 0 atom stereocenters. The lowest BCUT2D eigenvalue weighted by Gasteiger charge is -2.11. The number of rotatable bonds is 4. The summed E-state index contributed by atoms with van der Waals surface area (Å²) in [6, 6.07) is 17.3. The summed E-state index contributed by atoms with van der Waals surface area (Å²) in [4.78, 5) is 0. The van der Waals surface area contributed by atoms with E-state index in [1.807, 2.05) is 6.07 Å². The average molecular weight is 342 g/mol. The molecule has 126 valence electrons. The molecule has 0 spiro atoms. The van der Waals surface area contributed by atoms with Gasteiger partial charge in [-0.3, -0.25) is 0 Å². The van der Waals surface area contributed by atoms with Crippen molar-refractivity contribution in [1.82, 2.24) is 15.0 Å². The highest BCUT2D eigenvalue weighted by Crippen LogP contribution is 2.28. The van der Waals surface area contributed by atoms with Crippen molar-refractivity contribution in [3.8, 4) is 17.3 Å². The molecule has 0 bridgehead atoms. The first-order valence-corrected chi connectivity index (χ1v) is 7.50. The van der Waals surface area contributed by atoms with Crippen molar-refractivity contribution in [2.45, 2.75) is 19.1 Å². The first kappa shape index (κ1) is 16.7. The summed E-state index contributed by atoms with van der Waals surface area (Å²) in [5.74, 6) is 0. The molecule has 0 amide bonds. The molecule has 1 aromatic heterocycles. The molecule has 4 nitrogen and oxygen atoms in total. The summed E-state index contributed by atoms with van der Waals surface area (Å²) in [7, 11) is 0. The van der Waals surface area contributed by atoms with Crippen LogP contribution in [-0.2, 0) is 13.0 Å². The van der Waals surface area contributed by atoms with Crippen LogP contribution in [0.4, 0.5) is 13.2 Å². The Hall–Kier alpha value is -3.14. The minimum absolute atomic E-state index is 0.0167. The summed E-state index contributed by atoms with van der Waals surface area (Å²) in [6.45, 7) is 0.150. The summed E-state index contributed by atoms with van der Waals surface area (Å²) >= 11 is 0. The number of halogens is 3. The molecule has 0 unspecified atom stereocenters. The summed E-state index contributed by atoms with van der Waals surface area (Å²) in [5.41, 5.74) is 2.07. The third kappa shape index (κ3) is 4.04. The predicted octanol–water partition coefficient (Wildman–Crippen LogP) is 3.97. The quantitative estimate of drug-likeness (QED) is 0.721. The Kier molecular flexibility index (Phi) is 4.52. The van der Waals surface area contributed by atoms with E-state index in [0.717, 1.165) is 5.56 Å². The monoisotopic (exact) mass is 342 g/mol. The minimum Gasteiger partial charge on any atom is -0.244 e. The summed E-state index contributed by atoms with van der Waals surface area (Å²) < 4.78 is 40.3. The Morgan fingerprint density at radius 1 is 1.00 bits per heavy atom. The second kappa shape index (κ2) is 6.77. The van der Waals surface area contributed by atoms with Crippen LogP contribution in [0.2, 0.25) is 0 Å². The van der Waals surface area contributed by atoms with Crippen LogP contribution < -0.4 is 0 Å². The molecule has 1 heterocycles. The zero-order chi connectivity index (χ0) is 17.9. The molecule has 0 aliphatic heterocycles. The van der Waals surface area contributed by atoms with Gasteiger partial charge in [-0.15, -0.1) is 5.10 Å². The van der Waals surface area contributed by atoms with Crippen molar-refractivity contribution in [1.29, 1.82) is 5.26 Å². The Morgan fingerprint density at radius 2 is 1.68 bits per heavy atom. The molecule has 0 saturated heterocycles. The van der Waals surface area contributed by atoms with Crippen molar-refractivity contribution in [3.63, 3.8) is 0 Å². The van der Waals surface area contributed by atoms with E-state index in [1.54, 1.807) is 54.6 Å². The number of hydrogen-bond acceptors (Lipinski definition) is 3. The van der Waals surface area contributed by atoms with Gasteiger partial charge in [0.1, 0.15) is 5.69 Å². The number of alkyl halides is 3. The maximum Gasteiger partial charge on any atom is 0.394 e. The number of benzene rings is 2. The van der Waals surface area contributed by atoms with Crippen molar-refractivity contribution >= 4 is 0 Å². The Bertz CT molecular complexity index is 891. The molecule has 3 rings (SSSR count). The lowest BCUT2D eigenvalue weighted by molar-refractivity contribution is -0.128. The van der Waals surface area contributed by atoms with Crippen LogP contribution in [0.5, 0.6) is 0 Å². The van der Waals surface area contributed by atoms with Crippen molar-refractivity contribution in [3.05, 3.63) is 71.4 Å². The van der Waals surface area contributed by atoms with Gasteiger partial charge in [-0.05, 0) is 17.7 Å². The van der Waals surface area contributed by atoms with Gasteiger partial charge in [0, 0.05) is 5.56 Å². The highest BCUT2D eigenvalue weighted by molar-refractivity contribution is 5.61. The summed E-state index contributed by atoms with van der Waals surface area (Å²) in [6.07, 6.45) is -5.48. The molecular formula is C18H13F3N4. The fraction of sp³-hybridized carbons (Fsp3) is 0.167. The number of hydrogen-bond donors (Lipinski definition) is 0. The van der Waals surface area contributed by atoms with Gasteiger partial charge in [-0.25, -0.2) is 4.68 Å². The maximum absolute atomic E-state index is 13.0. The fourth-order valence-corrected chi connectivity index (χ4v) is 2.50. The number of nitrogens with zero attached hydrogens (tertiary/aromatic N) is 4. The van der Waals surface area contributed by atoms with E-state index in [-0.39, 0.29) is 17.9 Å². The SMILES string of the molecule is N#Cc1ccc(Cn2nnc(-c3ccccc3)c2CC(F)(F)F)cc1. The molecule has 0 fully saturated rings. The van der Waals surface area contributed by atoms with Gasteiger partial charge in [0.25, 0.3) is 0 Å². The molecule has 2 aromatic carbocycles. The fourth-order valence-electron chi connectivity index (χ4n) is 2.50. The molecule has 0 saturated carbocycles. The molecule has 25 heavy (non-hydrogen) atoms. The summed E-state index contributed by atoms with van der Waals surface area (Å²) in [5, 5.41) is 16.7. The van der Waals surface area contributed by atoms with E-state index < -0.39 is 12.6 Å². The molecule has 7 heteroatoms. The van der Waals surface area contributed by atoms with Gasteiger partial charge in [-0.2, -0.15) is 18.4 Å². The number of nitriles is 1. The van der Waals surface area contributed by atoms with Gasteiger partial charge < -0.3 is 0 Å². The van der Waals surface area contributed by atoms with Gasteiger partial charge >= 0.3 is 6.18 Å². The topological polar surface area (TPSA) is 54.5 Å². The first-order valence-electron chi connectivity index (χ1n) is 7.50. The average Bonchev–Trinajstić information content (AvgIpc) is 2.97. The zero-order valence-corrected chi connectivity index (χ0v) is 13.0. The molecule has 0 aliphatic rings. The third-order valence-electron chi connectivity index (χ3n) is 3.67. The lowest BCUT2D eigenvalue weighted by Crippen LogP contribution is -2.17. The van der Waals surface area contributed by atoms with Crippen molar-refractivity contribution < 1.29 is 13.2 Å². The minimum atomic E-state index is -4.37. The predicted molar refractivity (Wildman–Crippen MR) is 85.5 cm³/mol. The highest BCUT2D eigenvalue weighted by Gasteiger charge is 2.32. The lowest BCUT2D eigenvalue weighted by atomic mass is 10.1. The molecule has 0 aliphatic carbocycles.